The zero-order valence-electron chi connectivity index (χ0n) is 30.3. The van der Waals surface area contributed by atoms with Crippen LogP contribution < -0.4 is 21.7 Å². The first-order valence-electron chi connectivity index (χ1n) is 19.0. The molecule has 3 aromatic carbocycles. The largest absolute Gasteiger partial charge is 0.465 e. The van der Waals surface area contributed by atoms with E-state index in [9.17, 15) is 14.4 Å². The molecule has 4 aliphatic carbocycles. The number of nitrogens with two attached hydrogens (primary N) is 1. The smallest absolute Gasteiger partial charge is 0.327 e. The van der Waals surface area contributed by atoms with Crippen LogP contribution >= 0.6 is 23.2 Å². The van der Waals surface area contributed by atoms with Gasteiger partial charge < -0.3 is 21.1 Å². The summed E-state index contributed by atoms with van der Waals surface area (Å²) in [5.41, 5.74) is 8.21. The second-order valence-electron chi connectivity index (χ2n) is 15.0. The molecule has 8 nitrogen and oxygen atoms in total. The van der Waals surface area contributed by atoms with E-state index >= 15 is 0 Å². The number of benzene rings is 3. The van der Waals surface area contributed by atoms with Gasteiger partial charge in [-0.15, -0.1) is 0 Å². The van der Waals surface area contributed by atoms with Gasteiger partial charge in [0.15, 0.2) is 0 Å². The molecule has 0 aliphatic heterocycles. The number of halogens is 2. The average Bonchev–Trinajstić information content (AvgIpc) is 3.86. The highest BCUT2D eigenvalue weighted by atomic mass is 35.5. The molecule has 0 saturated heterocycles. The van der Waals surface area contributed by atoms with Gasteiger partial charge >= 0.3 is 5.97 Å². The lowest BCUT2D eigenvalue weighted by Gasteiger charge is -2.25. The van der Waals surface area contributed by atoms with Gasteiger partial charge in [-0.1, -0.05) is 67.4 Å². The number of hydrogen-bond donors (Lipinski definition) is 4. The van der Waals surface area contributed by atoms with Crippen LogP contribution in [0.4, 0.5) is 0 Å². The van der Waals surface area contributed by atoms with Crippen LogP contribution in [-0.2, 0) is 9.53 Å². The number of carbonyl (C=O) groups excluding carboxylic acids is 3. The highest BCUT2D eigenvalue weighted by Gasteiger charge is 2.59. The van der Waals surface area contributed by atoms with Gasteiger partial charge in [0, 0.05) is 45.3 Å². The van der Waals surface area contributed by atoms with E-state index in [2.05, 4.69) is 29.8 Å². The highest BCUT2D eigenvalue weighted by Crippen LogP contribution is 2.60. The molecule has 278 valence electrons. The van der Waals surface area contributed by atoms with E-state index in [4.69, 9.17) is 33.7 Å². The Balaban J connectivity index is 0.000000198. The Kier molecular flexibility index (Phi) is 12.6. The summed E-state index contributed by atoms with van der Waals surface area (Å²) >= 11 is 11.8. The van der Waals surface area contributed by atoms with Crippen LogP contribution in [0.2, 0.25) is 10.0 Å². The first-order valence-corrected chi connectivity index (χ1v) is 19.7. The lowest BCUT2D eigenvalue weighted by Crippen LogP contribution is -2.40. The van der Waals surface area contributed by atoms with Crippen molar-refractivity contribution >= 4 is 41.0 Å². The Morgan fingerprint density at radius 2 is 1.13 bits per heavy atom. The Bertz CT molecular complexity index is 1650. The van der Waals surface area contributed by atoms with Crippen LogP contribution in [0.1, 0.15) is 91.6 Å². The Morgan fingerprint density at radius 3 is 1.56 bits per heavy atom. The third kappa shape index (κ3) is 9.02. The number of ether oxygens (including phenoxy) is 1. The molecule has 3 aromatic rings. The number of fused-ring (bicyclic) bond motifs is 2. The van der Waals surface area contributed by atoms with Crippen LogP contribution in [0, 0.1) is 35.5 Å². The Labute approximate surface area is 317 Å². The molecule has 4 saturated carbocycles. The molecule has 11 atom stereocenters. The van der Waals surface area contributed by atoms with E-state index in [-0.39, 0.29) is 35.9 Å². The number of nitrogens with one attached hydrogen (secondary N) is 3. The number of hydrogen-bond acceptors (Lipinski definition) is 6. The molecule has 5 N–H and O–H groups in total. The maximum absolute atomic E-state index is 12.7. The summed E-state index contributed by atoms with van der Waals surface area (Å²) in [6.07, 6.45) is 6.18. The summed E-state index contributed by atoms with van der Waals surface area (Å²) in [5.74, 6) is 3.52. The van der Waals surface area contributed by atoms with Crippen LogP contribution in [-0.4, -0.2) is 48.6 Å². The lowest BCUT2D eigenvalue weighted by molar-refractivity contribution is -0.146. The zero-order chi connectivity index (χ0) is 36.9. The summed E-state index contributed by atoms with van der Waals surface area (Å²) in [6.45, 7) is 6.47. The summed E-state index contributed by atoms with van der Waals surface area (Å²) in [5, 5.41) is 11.2. The number of carbonyl (C=O) groups is 3. The van der Waals surface area contributed by atoms with Crippen molar-refractivity contribution in [3.8, 4) is 0 Å². The maximum Gasteiger partial charge on any atom is 0.327 e. The van der Waals surface area contributed by atoms with Gasteiger partial charge in [-0.3, -0.25) is 14.9 Å². The lowest BCUT2D eigenvalue weighted by atomic mass is 9.97. The van der Waals surface area contributed by atoms with Crippen molar-refractivity contribution < 1.29 is 19.1 Å². The normalized spacial score (nSPS) is 28.2. The van der Waals surface area contributed by atoms with E-state index in [1.807, 2.05) is 37.3 Å². The first kappa shape index (κ1) is 38.3. The van der Waals surface area contributed by atoms with E-state index in [1.165, 1.54) is 0 Å². The second-order valence-corrected chi connectivity index (χ2v) is 15.8. The summed E-state index contributed by atoms with van der Waals surface area (Å²) in [6, 6.07) is 24.5. The molecule has 0 aromatic heterocycles. The SMILES string of the molecule is CCC(NC(=O)c1ccc(Cl)cc1)C1[C@H]2CC(N)C[C@@H]12.CCOC(=O)C(NC1C[C@@H]2C(C(CC)NC(=O)c3ccc(Cl)cc3)[C@@H]2C1)c1ccccc1. The number of esters is 1. The Morgan fingerprint density at radius 1 is 0.692 bits per heavy atom. The average molecular weight is 748 g/mol. The van der Waals surface area contributed by atoms with Crippen LogP contribution in [0.3, 0.4) is 0 Å². The van der Waals surface area contributed by atoms with Crippen molar-refractivity contribution in [3.05, 3.63) is 106 Å². The molecule has 0 bridgehead atoms. The van der Waals surface area contributed by atoms with E-state index in [0.29, 0.717) is 57.5 Å². The van der Waals surface area contributed by atoms with Gasteiger partial charge in [0.2, 0.25) is 0 Å². The fourth-order valence-corrected chi connectivity index (χ4v) is 9.46. The van der Waals surface area contributed by atoms with Crippen molar-refractivity contribution in [2.75, 3.05) is 6.61 Å². The molecule has 0 spiro atoms. The Hall–Kier alpha value is -3.43. The van der Waals surface area contributed by atoms with Gasteiger partial charge in [-0.25, -0.2) is 4.79 Å². The quantitative estimate of drug-likeness (QED) is 0.134. The molecule has 2 amide bonds. The van der Waals surface area contributed by atoms with E-state index in [1.54, 1.807) is 48.5 Å². The zero-order valence-corrected chi connectivity index (χ0v) is 31.8. The standard InChI is InChI=1S/C26H31ClN2O3.C16H21ClN2O/c1-3-22(29-25(30)17-10-12-18(27)13-11-17)23-20-14-19(15-21(20)23)28-24(26(31)32-4-2)16-8-6-5-7-9-16;1-2-14(15-12-7-11(18)8-13(12)15)19-16(20)9-3-5-10(17)6-4-9/h5-13,19-24,28H,3-4,14-15H2,1-2H3,(H,29,30);3-6,11-15H,2,7-8,18H2,1H3,(H,19,20)/t19?,20-,21+,22?,23?,24?;11?,12-,13+,14?,15?. The number of rotatable bonds is 13. The minimum absolute atomic E-state index is 0.00258. The molecular weight excluding hydrogens is 695 g/mol. The fourth-order valence-electron chi connectivity index (χ4n) is 9.21. The second kappa shape index (κ2) is 17.1. The predicted octanol–water partition coefficient (Wildman–Crippen LogP) is 7.60. The maximum atomic E-state index is 12.7. The molecule has 7 unspecified atom stereocenters. The van der Waals surface area contributed by atoms with E-state index < -0.39 is 6.04 Å². The fraction of sp³-hybridized carbons (Fsp3) is 0.500. The molecular formula is C42H52Cl2N4O4. The van der Waals surface area contributed by atoms with Gasteiger partial charge in [-0.05, 0) is 135 Å². The molecule has 4 aliphatic rings. The van der Waals surface area contributed by atoms with Crippen molar-refractivity contribution in [1.29, 1.82) is 0 Å². The van der Waals surface area contributed by atoms with Crippen molar-refractivity contribution in [3.63, 3.8) is 0 Å². The van der Waals surface area contributed by atoms with Gasteiger partial charge in [0.1, 0.15) is 6.04 Å². The van der Waals surface area contributed by atoms with Gasteiger partial charge in [0.25, 0.3) is 11.8 Å². The van der Waals surface area contributed by atoms with Crippen molar-refractivity contribution in [2.45, 2.75) is 89.5 Å². The molecule has 0 heterocycles. The monoisotopic (exact) mass is 746 g/mol. The predicted molar refractivity (Wildman–Crippen MR) is 206 cm³/mol. The summed E-state index contributed by atoms with van der Waals surface area (Å²) in [7, 11) is 0. The van der Waals surface area contributed by atoms with Crippen LogP contribution in [0.5, 0.6) is 0 Å². The molecule has 10 heteroatoms. The third-order valence-corrected chi connectivity index (χ3v) is 12.3. The molecule has 0 radical (unpaired) electrons. The van der Waals surface area contributed by atoms with E-state index in [0.717, 1.165) is 55.9 Å². The minimum atomic E-state index is -0.441. The van der Waals surface area contributed by atoms with Crippen molar-refractivity contribution in [1.82, 2.24) is 16.0 Å². The number of amides is 2. The topological polar surface area (TPSA) is 123 Å². The molecule has 52 heavy (non-hydrogen) atoms. The molecule has 4 fully saturated rings. The third-order valence-electron chi connectivity index (χ3n) is 11.8. The summed E-state index contributed by atoms with van der Waals surface area (Å²) < 4.78 is 5.32. The van der Waals surface area contributed by atoms with Crippen LogP contribution in [0.25, 0.3) is 0 Å². The van der Waals surface area contributed by atoms with Gasteiger partial charge in [-0.2, -0.15) is 0 Å². The first-order chi connectivity index (χ1) is 25.1. The van der Waals surface area contributed by atoms with Crippen LogP contribution in [0.15, 0.2) is 78.9 Å². The highest BCUT2D eigenvalue weighted by molar-refractivity contribution is 6.31. The van der Waals surface area contributed by atoms with Crippen molar-refractivity contribution in [2.24, 2.45) is 41.2 Å². The summed E-state index contributed by atoms with van der Waals surface area (Å²) in [4.78, 5) is 37.5. The molecule has 7 rings (SSSR count). The minimum Gasteiger partial charge on any atom is -0.465 e. The van der Waals surface area contributed by atoms with Gasteiger partial charge in [0.05, 0.1) is 6.61 Å².